The molecule has 0 spiro atoms. The highest BCUT2D eigenvalue weighted by molar-refractivity contribution is 5.47. The second-order valence-corrected chi connectivity index (χ2v) is 5.86. The summed E-state index contributed by atoms with van der Waals surface area (Å²) < 4.78 is 5.58. The molecule has 0 aliphatic carbocycles. The maximum Gasteiger partial charge on any atom is 0.126 e. The highest BCUT2D eigenvalue weighted by Crippen LogP contribution is 2.31. The van der Waals surface area contributed by atoms with E-state index in [9.17, 15) is 0 Å². The zero-order valence-corrected chi connectivity index (χ0v) is 13.7. The molecule has 1 atom stereocenters. The van der Waals surface area contributed by atoms with E-state index < -0.39 is 0 Å². The van der Waals surface area contributed by atoms with E-state index in [0.717, 1.165) is 17.7 Å². The normalized spacial score (nSPS) is 12.3. The standard InChI is InChI=1S/C19H25NO/c1-12-6-8-16(10-14(12)3)11-18(20)17-9-7-13(2)15(4)19(17)21-5/h6-10,18H,11,20H2,1-5H3. The number of methoxy groups -OCH3 is 1. The van der Waals surface area contributed by atoms with Gasteiger partial charge in [-0.25, -0.2) is 0 Å². The summed E-state index contributed by atoms with van der Waals surface area (Å²) >= 11 is 0. The van der Waals surface area contributed by atoms with E-state index in [1.807, 2.05) is 0 Å². The fraction of sp³-hybridized carbons (Fsp3) is 0.368. The molecule has 2 nitrogen and oxygen atoms in total. The number of ether oxygens (including phenoxy) is 1. The van der Waals surface area contributed by atoms with E-state index in [4.69, 9.17) is 10.5 Å². The second-order valence-electron chi connectivity index (χ2n) is 5.86. The molecule has 21 heavy (non-hydrogen) atoms. The van der Waals surface area contributed by atoms with Gasteiger partial charge in [-0.2, -0.15) is 0 Å². The molecule has 0 radical (unpaired) electrons. The first-order chi connectivity index (χ1) is 9.93. The van der Waals surface area contributed by atoms with Crippen molar-refractivity contribution >= 4 is 0 Å². The number of aryl methyl sites for hydroxylation is 3. The van der Waals surface area contributed by atoms with Gasteiger partial charge in [-0.1, -0.05) is 30.3 Å². The first kappa shape index (κ1) is 15.6. The summed E-state index contributed by atoms with van der Waals surface area (Å²) in [7, 11) is 1.72. The molecule has 0 amide bonds. The molecule has 0 fully saturated rings. The smallest absolute Gasteiger partial charge is 0.126 e. The second kappa shape index (κ2) is 6.31. The van der Waals surface area contributed by atoms with Gasteiger partial charge in [0, 0.05) is 11.6 Å². The zero-order chi connectivity index (χ0) is 15.6. The minimum absolute atomic E-state index is 0.0543. The fourth-order valence-corrected chi connectivity index (χ4v) is 2.67. The Balaban J connectivity index is 2.30. The molecule has 1 unspecified atom stereocenters. The highest BCUT2D eigenvalue weighted by atomic mass is 16.5. The SMILES string of the molecule is COc1c(C(N)Cc2ccc(C)c(C)c2)ccc(C)c1C. The average Bonchev–Trinajstić information content (AvgIpc) is 2.45. The van der Waals surface area contributed by atoms with Crippen molar-refractivity contribution in [3.05, 3.63) is 63.7 Å². The van der Waals surface area contributed by atoms with Crippen molar-refractivity contribution in [1.29, 1.82) is 0 Å². The Bertz CT molecular complexity index is 646. The van der Waals surface area contributed by atoms with Crippen molar-refractivity contribution in [1.82, 2.24) is 0 Å². The molecule has 0 saturated heterocycles. The zero-order valence-electron chi connectivity index (χ0n) is 13.7. The molecule has 0 aliphatic heterocycles. The van der Waals surface area contributed by atoms with E-state index in [-0.39, 0.29) is 6.04 Å². The van der Waals surface area contributed by atoms with Crippen LogP contribution in [0.15, 0.2) is 30.3 Å². The van der Waals surface area contributed by atoms with Gasteiger partial charge >= 0.3 is 0 Å². The maximum atomic E-state index is 6.43. The average molecular weight is 283 g/mol. The van der Waals surface area contributed by atoms with E-state index in [1.165, 1.54) is 27.8 Å². The Kier molecular flexibility index (Phi) is 4.69. The van der Waals surface area contributed by atoms with E-state index in [1.54, 1.807) is 7.11 Å². The Morgan fingerprint density at radius 1 is 0.952 bits per heavy atom. The summed E-state index contributed by atoms with van der Waals surface area (Å²) in [5.41, 5.74) is 13.8. The Morgan fingerprint density at radius 2 is 1.62 bits per heavy atom. The molecule has 0 aliphatic rings. The van der Waals surface area contributed by atoms with Gasteiger partial charge in [-0.15, -0.1) is 0 Å². The van der Waals surface area contributed by atoms with Gasteiger partial charge < -0.3 is 10.5 Å². The molecular formula is C19H25NO. The van der Waals surface area contributed by atoms with Crippen LogP contribution in [0, 0.1) is 27.7 Å². The highest BCUT2D eigenvalue weighted by Gasteiger charge is 2.15. The van der Waals surface area contributed by atoms with Crippen LogP contribution in [0.4, 0.5) is 0 Å². The van der Waals surface area contributed by atoms with Crippen LogP contribution in [-0.4, -0.2) is 7.11 Å². The summed E-state index contributed by atoms with van der Waals surface area (Å²) in [5.74, 6) is 0.923. The van der Waals surface area contributed by atoms with Crippen molar-refractivity contribution in [3.8, 4) is 5.75 Å². The molecule has 0 aromatic heterocycles. The lowest BCUT2D eigenvalue weighted by molar-refractivity contribution is 0.402. The molecule has 0 heterocycles. The van der Waals surface area contributed by atoms with Crippen LogP contribution < -0.4 is 10.5 Å². The van der Waals surface area contributed by atoms with Gasteiger partial charge in [0.15, 0.2) is 0 Å². The predicted octanol–water partition coefficient (Wildman–Crippen LogP) is 4.17. The molecule has 2 aromatic rings. The van der Waals surface area contributed by atoms with Gasteiger partial charge in [-0.05, 0) is 61.9 Å². The summed E-state index contributed by atoms with van der Waals surface area (Å²) in [6.07, 6.45) is 0.819. The molecule has 2 rings (SSSR count). The Hall–Kier alpha value is -1.80. The first-order valence-corrected chi connectivity index (χ1v) is 7.39. The number of nitrogens with two attached hydrogens (primary N) is 1. The molecular weight excluding hydrogens is 258 g/mol. The van der Waals surface area contributed by atoms with Crippen LogP contribution >= 0.6 is 0 Å². The lowest BCUT2D eigenvalue weighted by Crippen LogP contribution is -2.15. The van der Waals surface area contributed by atoms with Crippen molar-refractivity contribution < 1.29 is 4.74 Å². The Morgan fingerprint density at radius 3 is 2.24 bits per heavy atom. The number of hydrogen-bond donors (Lipinski definition) is 1. The molecule has 2 aromatic carbocycles. The maximum absolute atomic E-state index is 6.43. The summed E-state index contributed by atoms with van der Waals surface area (Å²) in [4.78, 5) is 0. The predicted molar refractivity (Wildman–Crippen MR) is 89.0 cm³/mol. The summed E-state index contributed by atoms with van der Waals surface area (Å²) in [5, 5.41) is 0. The molecule has 112 valence electrons. The van der Waals surface area contributed by atoms with E-state index >= 15 is 0 Å². The minimum Gasteiger partial charge on any atom is -0.496 e. The van der Waals surface area contributed by atoms with Crippen LogP contribution in [-0.2, 0) is 6.42 Å². The third-order valence-corrected chi connectivity index (χ3v) is 4.34. The monoisotopic (exact) mass is 283 g/mol. The van der Waals surface area contributed by atoms with E-state index in [2.05, 4.69) is 58.0 Å². The summed E-state index contributed by atoms with van der Waals surface area (Å²) in [6, 6.07) is 10.7. The largest absolute Gasteiger partial charge is 0.496 e. The number of rotatable bonds is 4. The van der Waals surface area contributed by atoms with Gasteiger partial charge in [-0.3, -0.25) is 0 Å². The molecule has 2 N–H and O–H groups in total. The lowest BCUT2D eigenvalue weighted by Gasteiger charge is -2.19. The van der Waals surface area contributed by atoms with Crippen LogP contribution in [0.1, 0.15) is 39.4 Å². The summed E-state index contributed by atoms with van der Waals surface area (Å²) in [6.45, 7) is 8.45. The number of benzene rings is 2. The van der Waals surface area contributed by atoms with Crippen LogP contribution in [0.3, 0.4) is 0 Å². The van der Waals surface area contributed by atoms with Crippen molar-refractivity contribution in [2.24, 2.45) is 5.73 Å². The number of hydrogen-bond acceptors (Lipinski definition) is 2. The minimum atomic E-state index is -0.0543. The van der Waals surface area contributed by atoms with Gasteiger partial charge in [0.05, 0.1) is 7.11 Å². The quantitative estimate of drug-likeness (QED) is 0.914. The fourth-order valence-electron chi connectivity index (χ4n) is 2.67. The first-order valence-electron chi connectivity index (χ1n) is 7.39. The van der Waals surface area contributed by atoms with Gasteiger partial charge in [0.1, 0.15) is 5.75 Å². The Labute approximate surface area is 127 Å². The molecule has 2 heteroatoms. The van der Waals surface area contributed by atoms with Gasteiger partial charge in [0.2, 0.25) is 0 Å². The molecule has 0 bridgehead atoms. The van der Waals surface area contributed by atoms with E-state index in [0.29, 0.717) is 0 Å². The van der Waals surface area contributed by atoms with Gasteiger partial charge in [0.25, 0.3) is 0 Å². The van der Waals surface area contributed by atoms with Crippen molar-refractivity contribution in [3.63, 3.8) is 0 Å². The third kappa shape index (κ3) is 3.27. The van der Waals surface area contributed by atoms with Crippen LogP contribution in [0.2, 0.25) is 0 Å². The van der Waals surface area contributed by atoms with Crippen molar-refractivity contribution in [2.75, 3.05) is 7.11 Å². The van der Waals surface area contributed by atoms with Crippen LogP contribution in [0.25, 0.3) is 0 Å². The molecule has 0 saturated carbocycles. The lowest BCUT2D eigenvalue weighted by atomic mass is 9.94. The van der Waals surface area contributed by atoms with Crippen LogP contribution in [0.5, 0.6) is 5.75 Å². The van der Waals surface area contributed by atoms with Crippen molar-refractivity contribution in [2.45, 2.75) is 40.2 Å². The topological polar surface area (TPSA) is 35.2 Å². The third-order valence-electron chi connectivity index (χ3n) is 4.34.